The monoisotopic (exact) mass is 449 g/mol. The predicted molar refractivity (Wildman–Crippen MR) is 129 cm³/mol. The molecule has 6 heteroatoms. The van der Waals surface area contributed by atoms with E-state index in [0.29, 0.717) is 13.1 Å². The molecule has 0 unspecified atom stereocenters. The molecule has 2 fully saturated rings. The van der Waals surface area contributed by atoms with E-state index in [1.165, 1.54) is 29.2 Å². The lowest BCUT2D eigenvalue weighted by Crippen LogP contribution is -2.68. The number of allylic oxidation sites excluding steroid dienone is 2. The number of carbonyl (C=O) groups is 1. The molecule has 33 heavy (non-hydrogen) atoms. The summed E-state index contributed by atoms with van der Waals surface area (Å²) in [4.78, 5) is 17.2. The van der Waals surface area contributed by atoms with E-state index < -0.39 is 5.82 Å². The zero-order chi connectivity index (χ0) is 22.8. The van der Waals surface area contributed by atoms with E-state index in [2.05, 4.69) is 40.6 Å². The van der Waals surface area contributed by atoms with Gasteiger partial charge in [-0.3, -0.25) is 4.90 Å². The van der Waals surface area contributed by atoms with Gasteiger partial charge in [0.1, 0.15) is 5.82 Å². The number of halogens is 1. The molecule has 0 radical (unpaired) electrons. The first-order chi connectivity index (χ1) is 16.2. The number of aliphatic hydroxyl groups excluding tert-OH is 1. The van der Waals surface area contributed by atoms with Crippen LogP contribution in [-0.4, -0.2) is 59.3 Å². The van der Waals surface area contributed by atoms with E-state index in [1.54, 1.807) is 18.2 Å². The molecule has 5 rings (SSSR count). The summed E-state index contributed by atoms with van der Waals surface area (Å²) in [7, 11) is 0. The highest BCUT2D eigenvalue weighted by Crippen LogP contribution is 2.42. The minimum Gasteiger partial charge on any atom is -0.395 e. The molecule has 0 bridgehead atoms. The van der Waals surface area contributed by atoms with Gasteiger partial charge in [0.15, 0.2) is 0 Å². The van der Waals surface area contributed by atoms with Crippen LogP contribution in [0.25, 0.3) is 5.57 Å². The third-order valence-corrected chi connectivity index (χ3v) is 7.48. The first-order valence-corrected chi connectivity index (χ1v) is 12.1. The fraction of sp³-hybridized carbons (Fsp3) is 0.444. The van der Waals surface area contributed by atoms with Crippen molar-refractivity contribution >= 4 is 17.3 Å². The number of rotatable bonds is 4. The molecule has 2 aromatic carbocycles. The Labute approximate surface area is 194 Å². The Morgan fingerprint density at radius 1 is 1.06 bits per heavy atom. The van der Waals surface area contributed by atoms with E-state index in [9.17, 15) is 14.3 Å². The smallest absolute Gasteiger partial charge is 0.321 e. The number of aliphatic hydroxyl groups is 1. The number of carbonyl (C=O) groups excluding carboxylic acids is 1. The molecule has 0 spiro atoms. The SMILES string of the molecule is O=C(Nc1ccccc1F)N1CCCCN2[C@H](CO)[C@@H](c3ccc(C4=CCCC4)cc3)[C@H]2C1. The molecular weight excluding hydrogens is 417 g/mol. The Morgan fingerprint density at radius 2 is 1.85 bits per heavy atom. The Morgan fingerprint density at radius 3 is 2.58 bits per heavy atom. The molecule has 2 N–H and O–H groups in total. The second-order valence-electron chi connectivity index (χ2n) is 9.39. The van der Waals surface area contributed by atoms with E-state index in [1.807, 2.05) is 4.90 Å². The maximum Gasteiger partial charge on any atom is 0.321 e. The zero-order valence-electron chi connectivity index (χ0n) is 18.9. The van der Waals surface area contributed by atoms with Gasteiger partial charge in [0, 0.05) is 31.1 Å². The molecular formula is C27H32FN3O2. The number of fused-ring (bicyclic) bond motifs is 1. The van der Waals surface area contributed by atoms with Crippen molar-refractivity contribution in [1.82, 2.24) is 9.80 Å². The fourth-order valence-corrected chi connectivity index (χ4v) is 5.73. The third kappa shape index (κ3) is 4.42. The van der Waals surface area contributed by atoms with E-state index in [4.69, 9.17) is 0 Å². The van der Waals surface area contributed by atoms with Crippen LogP contribution in [0.15, 0.2) is 54.6 Å². The molecule has 2 amide bonds. The van der Waals surface area contributed by atoms with Gasteiger partial charge < -0.3 is 15.3 Å². The number of anilines is 1. The van der Waals surface area contributed by atoms with Crippen LogP contribution in [0, 0.1) is 5.82 Å². The number of hydrogen-bond donors (Lipinski definition) is 2. The van der Waals surface area contributed by atoms with E-state index in [-0.39, 0.29) is 36.3 Å². The maximum atomic E-state index is 14.1. The lowest BCUT2D eigenvalue weighted by Gasteiger charge is -2.57. The molecule has 2 saturated heterocycles. The molecule has 1 aliphatic carbocycles. The van der Waals surface area contributed by atoms with Crippen molar-refractivity contribution in [3.8, 4) is 0 Å². The summed E-state index contributed by atoms with van der Waals surface area (Å²) < 4.78 is 14.1. The summed E-state index contributed by atoms with van der Waals surface area (Å²) in [6, 6.07) is 15.0. The van der Waals surface area contributed by atoms with Gasteiger partial charge in [-0.05, 0) is 67.5 Å². The topological polar surface area (TPSA) is 55.8 Å². The number of urea groups is 1. The van der Waals surface area contributed by atoms with Crippen LogP contribution >= 0.6 is 0 Å². The number of benzene rings is 2. The highest BCUT2D eigenvalue weighted by Gasteiger charge is 2.49. The molecule has 0 aromatic heterocycles. The molecule has 2 heterocycles. The maximum absolute atomic E-state index is 14.1. The quantitative estimate of drug-likeness (QED) is 0.702. The third-order valence-electron chi connectivity index (χ3n) is 7.48. The van der Waals surface area contributed by atoms with Crippen LogP contribution < -0.4 is 5.32 Å². The highest BCUT2D eigenvalue weighted by atomic mass is 19.1. The van der Waals surface area contributed by atoms with Gasteiger partial charge in [-0.1, -0.05) is 42.5 Å². The van der Waals surface area contributed by atoms with Crippen molar-refractivity contribution in [2.45, 2.75) is 50.1 Å². The molecule has 2 aromatic rings. The largest absolute Gasteiger partial charge is 0.395 e. The molecule has 5 nitrogen and oxygen atoms in total. The van der Waals surface area contributed by atoms with E-state index >= 15 is 0 Å². The van der Waals surface area contributed by atoms with Gasteiger partial charge >= 0.3 is 6.03 Å². The second kappa shape index (κ2) is 9.65. The van der Waals surface area contributed by atoms with Crippen molar-refractivity contribution in [2.75, 3.05) is 31.6 Å². The standard InChI is InChI=1S/C27H32FN3O2/c28-22-9-3-4-10-23(22)29-27(33)30-15-5-6-16-31-24(17-30)26(25(31)18-32)21-13-11-20(12-14-21)19-7-1-2-8-19/h3-4,7,9-14,24-26,32H,1-2,5-6,8,15-18H2,(H,29,33)/t24-,25-,26+/m1/s1. The number of nitrogens with one attached hydrogen (secondary N) is 1. The summed E-state index contributed by atoms with van der Waals surface area (Å²) in [6.45, 7) is 2.25. The minimum absolute atomic E-state index is 0.0705. The minimum atomic E-state index is -0.432. The number of amides is 2. The van der Waals surface area contributed by atoms with Crippen LogP contribution in [0.1, 0.15) is 49.1 Å². The molecule has 2 aliphatic heterocycles. The average Bonchev–Trinajstić information content (AvgIpc) is 3.35. The van der Waals surface area contributed by atoms with Crippen LogP contribution in [-0.2, 0) is 0 Å². The Balaban J connectivity index is 1.34. The number of para-hydroxylation sites is 1. The summed E-state index contributed by atoms with van der Waals surface area (Å²) in [6.07, 6.45) is 7.72. The lowest BCUT2D eigenvalue weighted by atomic mass is 9.74. The summed E-state index contributed by atoms with van der Waals surface area (Å²) >= 11 is 0. The van der Waals surface area contributed by atoms with Gasteiger partial charge in [0.25, 0.3) is 0 Å². The average molecular weight is 450 g/mol. The summed E-state index contributed by atoms with van der Waals surface area (Å²) in [5.41, 5.74) is 4.14. The zero-order valence-corrected chi connectivity index (χ0v) is 18.9. The normalized spacial score (nSPS) is 25.5. The van der Waals surface area contributed by atoms with Crippen molar-refractivity contribution in [3.63, 3.8) is 0 Å². The highest BCUT2D eigenvalue weighted by molar-refractivity contribution is 5.89. The van der Waals surface area contributed by atoms with Crippen LogP contribution in [0.3, 0.4) is 0 Å². The number of hydrogen-bond acceptors (Lipinski definition) is 3. The van der Waals surface area contributed by atoms with Crippen molar-refractivity contribution in [3.05, 3.63) is 71.6 Å². The summed E-state index contributed by atoms with van der Waals surface area (Å²) in [5, 5.41) is 12.9. The van der Waals surface area contributed by atoms with Gasteiger partial charge in [0.2, 0.25) is 0 Å². The molecule has 174 valence electrons. The molecule has 3 atom stereocenters. The first-order valence-electron chi connectivity index (χ1n) is 12.1. The fourth-order valence-electron chi connectivity index (χ4n) is 5.73. The Hall–Kier alpha value is -2.70. The molecule has 0 saturated carbocycles. The van der Waals surface area contributed by atoms with Crippen molar-refractivity contribution < 1.29 is 14.3 Å². The number of nitrogens with zero attached hydrogens (tertiary/aromatic N) is 2. The predicted octanol–water partition coefficient (Wildman–Crippen LogP) is 4.85. The van der Waals surface area contributed by atoms with Gasteiger partial charge in [-0.2, -0.15) is 0 Å². The Bertz CT molecular complexity index is 1020. The first kappa shape index (κ1) is 22.1. The van der Waals surface area contributed by atoms with Crippen LogP contribution in [0.5, 0.6) is 0 Å². The van der Waals surface area contributed by atoms with Crippen LogP contribution in [0.4, 0.5) is 14.9 Å². The van der Waals surface area contributed by atoms with E-state index in [0.717, 1.165) is 32.2 Å². The van der Waals surface area contributed by atoms with Crippen LogP contribution in [0.2, 0.25) is 0 Å². The molecule has 3 aliphatic rings. The second-order valence-corrected chi connectivity index (χ2v) is 9.39. The van der Waals surface area contributed by atoms with Crippen molar-refractivity contribution in [1.29, 1.82) is 0 Å². The Kier molecular flexibility index (Phi) is 6.47. The van der Waals surface area contributed by atoms with Gasteiger partial charge in [-0.15, -0.1) is 0 Å². The van der Waals surface area contributed by atoms with Gasteiger partial charge in [-0.25, -0.2) is 9.18 Å². The van der Waals surface area contributed by atoms with Crippen molar-refractivity contribution in [2.24, 2.45) is 0 Å². The van der Waals surface area contributed by atoms with Gasteiger partial charge in [0.05, 0.1) is 12.3 Å². The lowest BCUT2D eigenvalue weighted by molar-refractivity contribution is -0.0585. The summed E-state index contributed by atoms with van der Waals surface area (Å²) in [5.74, 6) is -0.262.